The summed E-state index contributed by atoms with van der Waals surface area (Å²) in [5, 5.41) is 8.81. The summed E-state index contributed by atoms with van der Waals surface area (Å²) in [4.78, 5) is 15.4. The first kappa shape index (κ1) is 11.9. The summed E-state index contributed by atoms with van der Waals surface area (Å²) in [7, 11) is 0. The molecule has 0 saturated carbocycles. The second-order valence-electron chi connectivity index (χ2n) is 5.02. The Bertz CT molecular complexity index is 239. The van der Waals surface area contributed by atoms with Gasteiger partial charge in [0.15, 0.2) is 0 Å². The fourth-order valence-corrected chi connectivity index (χ4v) is 2.95. The second-order valence-corrected chi connectivity index (χ2v) is 5.02. The maximum Gasteiger partial charge on any atom is 0.317 e. The van der Waals surface area contributed by atoms with E-state index in [-0.39, 0.29) is 6.54 Å². The third-order valence-electron chi connectivity index (χ3n) is 3.75. The van der Waals surface area contributed by atoms with Crippen LogP contribution in [0.15, 0.2) is 0 Å². The van der Waals surface area contributed by atoms with E-state index in [4.69, 9.17) is 5.11 Å². The lowest BCUT2D eigenvalue weighted by Gasteiger charge is -2.40. The van der Waals surface area contributed by atoms with Crippen molar-refractivity contribution in [1.29, 1.82) is 0 Å². The molecule has 1 N–H and O–H groups in total. The lowest BCUT2D eigenvalue weighted by Crippen LogP contribution is -2.50. The predicted molar refractivity (Wildman–Crippen MR) is 62.5 cm³/mol. The van der Waals surface area contributed by atoms with E-state index in [1.807, 2.05) is 0 Å². The standard InChI is InChI=1S/C12H22N2O2/c15-12(16)10-13-6-4-5-11(9-13)14-7-2-1-3-8-14/h11H,1-10H2,(H,15,16)/t11-/m0/s1. The predicted octanol–water partition coefficient (Wildman–Crippen LogP) is 1.02. The van der Waals surface area contributed by atoms with Crippen LogP contribution < -0.4 is 0 Å². The van der Waals surface area contributed by atoms with Crippen molar-refractivity contribution in [3.8, 4) is 0 Å². The third kappa shape index (κ3) is 3.19. The number of rotatable bonds is 3. The highest BCUT2D eigenvalue weighted by Crippen LogP contribution is 2.19. The summed E-state index contributed by atoms with van der Waals surface area (Å²) in [6.07, 6.45) is 6.39. The zero-order valence-corrected chi connectivity index (χ0v) is 9.90. The minimum absolute atomic E-state index is 0.213. The van der Waals surface area contributed by atoms with E-state index in [1.165, 1.54) is 38.8 Å². The van der Waals surface area contributed by atoms with Gasteiger partial charge in [-0.3, -0.25) is 14.6 Å². The van der Waals surface area contributed by atoms with Crippen molar-refractivity contribution >= 4 is 5.97 Å². The summed E-state index contributed by atoms with van der Waals surface area (Å²) in [6, 6.07) is 0.605. The molecule has 2 rings (SSSR count). The van der Waals surface area contributed by atoms with E-state index in [9.17, 15) is 4.79 Å². The van der Waals surface area contributed by atoms with Crippen molar-refractivity contribution in [3.63, 3.8) is 0 Å². The Labute approximate surface area is 97.2 Å². The molecular formula is C12H22N2O2. The maximum atomic E-state index is 10.7. The Morgan fingerprint density at radius 3 is 2.56 bits per heavy atom. The second kappa shape index (κ2) is 5.64. The molecule has 0 aromatic rings. The van der Waals surface area contributed by atoms with E-state index < -0.39 is 5.97 Å². The molecule has 0 amide bonds. The van der Waals surface area contributed by atoms with Gasteiger partial charge in [-0.15, -0.1) is 0 Å². The van der Waals surface area contributed by atoms with E-state index in [0.29, 0.717) is 6.04 Å². The molecule has 2 saturated heterocycles. The Kier molecular flexibility index (Phi) is 4.18. The summed E-state index contributed by atoms with van der Waals surface area (Å²) in [6.45, 7) is 4.55. The van der Waals surface area contributed by atoms with Crippen molar-refractivity contribution in [2.45, 2.75) is 38.1 Å². The van der Waals surface area contributed by atoms with Crippen molar-refractivity contribution < 1.29 is 9.90 Å². The number of nitrogens with zero attached hydrogens (tertiary/aromatic N) is 2. The van der Waals surface area contributed by atoms with Crippen LogP contribution in [0.5, 0.6) is 0 Å². The van der Waals surface area contributed by atoms with Crippen LogP contribution in [0.2, 0.25) is 0 Å². The Morgan fingerprint density at radius 1 is 1.12 bits per heavy atom. The van der Waals surface area contributed by atoms with Gasteiger partial charge >= 0.3 is 5.97 Å². The van der Waals surface area contributed by atoms with Gasteiger partial charge in [-0.05, 0) is 45.3 Å². The summed E-state index contributed by atoms with van der Waals surface area (Å²) >= 11 is 0. The lowest BCUT2D eigenvalue weighted by molar-refractivity contribution is -0.138. The van der Waals surface area contributed by atoms with E-state index in [0.717, 1.165) is 19.5 Å². The molecular weight excluding hydrogens is 204 g/mol. The van der Waals surface area contributed by atoms with Gasteiger partial charge in [0.1, 0.15) is 0 Å². The van der Waals surface area contributed by atoms with Crippen LogP contribution in [0.25, 0.3) is 0 Å². The van der Waals surface area contributed by atoms with Gasteiger partial charge in [-0.25, -0.2) is 0 Å². The smallest absolute Gasteiger partial charge is 0.317 e. The molecule has 0 aliphatic carbocycles. The summed E-state index contributed by atoms with van der Waals surface area (Å²) in [5.41, 5.74) is 0. The monoisotopic (exact) mass is 226 g/mol. The first-order valence-electron chi connectivity index (χ1n) is 6.44. The molecule has 0 radical (unpaired) electrons. The average molecular weight is 226 g/mol. The molecule has 2 heterocycles. The minimum atomic E-state index is -0.695. The van der Waals surface area contributed by atoms with Crippen LogP contribution in [-0.4, -0.2) is 59.6 Å². The molecule has 0 spiro atoms. The molecule has 16 heavy (non-hydrogen) atoms. The van der Waals surface area contributed by atoms with Gasteiger partial charge in [-0.1, -0.05) is 6.42 Å². The van der Waals surface area contributed by atoms with Crippen LogP contribution in [0, 0.1) is 0 Å². The van der Waals surface area contributed by atoms with Gasteiger partial charge in [-0.2, -0.15) is 0 Å². The number of hydrogen-bond acceptors (Lipinski definition) is 3. The van der Waals surface area contributed by atoms with Gasteiger partial charge in [0.2, 0.25) is 0 Å². The molecule has 0 unspecified atom stereocenters. The topological polar surface area (TPSA) is 43.8 Å². The molecule has 2 aliphatic heterocycles. The average Bonchev–Trinajstić information content (AvgIpc) is 2.30. The molecule has 0 bridgehead atoms. The van der Waals surface area contributed by atoms with Crippen LogP contribution in [-0.2, 0) is 4.79 Å². The maximum absolute atomic E-state index is 10.7. The van der Waals surface area contributed by atoms with Gasteiger partial charge in [0.05, 0.1) is 6.54 Å². The molecule has 0 aromatic carbocycles. The molecule has 2 fully saturated rings. The molecule has 92 valence electrons. The highest BCUT2D eigenvalue weighted by atomic mass is 16.4. The van der Waals surface area contributed by atoms with Crippen molar-refractivity contribution in [2.75, 3.05) is 32.7 Å². The van der Waals surface area contributed by atoms with Gasteiger partial charge in [0, 0.05) is 12.6 Å². The molecule has 2 aliphatic rings. The van der Waals surface area contributed by atoms with Crippen LogP contribution in [0.1, 0.15) is 32.1 Å². The zero-order chi connectivity index (χ0) is 11.4. The zero-order valence-electron chi connectivity index (χ0n) is 9.90. The number of aliphatic carboxylic acids is 1. The van der Waals surface area contributed by atoms with Crippen molar-refractivity contribution in [1.82, 2.24) is 9.80 Å². The molecule has 0 aromatic heterocycles. The highest BCUT2D eigenvalue weighted by Gasteiger charge is 2.26. The molecule has 4 heteroatoms. The largest absolute Gasteiger partial charge is 0.480 e. The number of carbonyl (C=O) groups is 1. The summed E-state index contributed by atoms with van der Waals surface area (Å²) < 4.78 is 0. The van der Waals surface area contributed by atoms with Crippen LogP contribution in [0.3, 0.4) is 0 Å². The molecule has 4 nitrogen and oxygen atoms in total. The Balaban J connectivity index is 1.83. The lowest BCUT2D eigenvalue weighted by atomic mass is 10.0. The number of likely N-dealkylation sites (tertiary alicyclic amines) is 2. The van der Waals surface area contributed by atoms with E-state index in [1.54, 1.807) is 0 Å². The molecule has 1 atom stereocenters. The number of piperidine rings is 2. The van der Waals surface area contributed by atoms with E-state index in [2.05, 4.69) is 9.80 Å². The number of hydrogen-bond donors (Lipinski definition) is 1. The highest BCUT2D eigenvalue weighted by molar-refractivity contribution is 5.69. The van der Waals surface area contributed by atoms with Crippen LogP contribution in [0.4, 0.5) is 0 Å². The van der Waals surface area contributed by atoms with Crippen LogP contribution >= 0.6 is 0 Å². The summed E-state index contributed by atoms with van der Waals surface area (Å²) in [5.74, 6) is -0.695. The number of carboxylic acids is 1. The fourth-order valence-electron chi connectivity index (χ4n) is 2.95. The Morgan fingerprint density at radius 2 is 1.88 bits per heavy atom. The first-order valence-corrected chi connectivity index (χ1v) is 6.44. The van der Waals surface area contributed by atoms with Crippen molar-refractivity contribution in [2.24, 2.45) is 0 Å². The fraction of sp³-hybridized carbons (Fsp3) is 0.917. The van der Waals surface area contributed by atoms with Crippen molar-refractivity contribution in [3.05, 3.63) is 0 Å². The van der Waals surface area contributed by atoms with Gasteiger partial charge in [0.25, 0.3) is 0 Å². The number of carboxylic acid groups (broad SMARTS) is 1. The Hall–Kier alpha value is -0.610. The quantitative estimate of drug-likeness (QED) is 0.780. The van der Waals surface area contributed by atoms with Gasteiger partial charge < -0.3 is 5.11 Å². The third-order valence-corrected chi connectivity index (χ3v) is 3.75. The first-order chi connectivity index (χ1) is 7.75. The minimum Gasteiger partial charge on any atom is -0.480 e. The SMILES string of the molecule is O=C(O)CN1CCC[C@H](N2CCCCC2)C1. The van der Waals surface area contributed by atoms with E-state index >= 15 is 0 Å². The normalized spacial score (nSPS) is 29.1.